The van der Waals surface area contributed by atoms with Crippen LogP contribution in [0.15, 0.2) is 48.7 Å². The number of anilines is 1. The van der Waals surface area contributed by atoms with Crippen molar-refractivity contribution in [3.05, 3.63) is 48.7 Å². The molecule has 4 rings (SSSR count). The second-order valence-corrected chi connectivity index (χ2v) is 5.49. The number of benzene rings is 3. The predicted octanol–water partition coefficient (Wildman–Crippen LogP) is 4.14. The van der Waals surface area contributed by atoms with Gasteiger partial charge in [0.2, 0.25) is 0 Å². The molecule has 0 bridgehead atoms. The van der Waals surface area contributed by atoms with Gasteiger partial charge < -0.3 is 15.2 Å². The number of nitrogens with zero attached hydrogens (tertiary/aromatic N) is 1. The maximum absolute atomic E-state index is 5.86. The van der Waals surface area contributed by atoms with Crippen molar-refractivity contribution in [1.29, 1.82) is 0 Å². The molecule has 0 saturated heterocycles. The summed E-state index contributed by atoms with van der Waals surface area (Å²) in [5.74, 6) is 1.44. The van der Waals surface area contributed by atoms with Gasteiger partial charge in [0.15, 0.2) is 11.5 Å². The van der Waals surface area contributed by atoms with Crippen molar-refractivity contribution in [1.82, 2.24) is 4.98 Å². The van der Waals surface area contributed by atoms with Crippen molar-refractivity contribution >= 4 is 38.1 Å². The monoisotopic (exact) mass is 304 g/mol. The average molecular weight is 304 g/mol. The van der Waals surface area contributed by atoms with Crippen LogP contribution in [0.25, 0.3) is 32.4 Å². The van der Waals surface area contributed by atoms with Crippen LogP contribution in [-0.4, -0.2) is 19.2 Å². The molecule has 0 unspecified atom stereocenters. The highest BCUT2D eigenvalue weighted by Gasteiger charge is 2.10. The summed E-state index contributed by atoms with van der Waals surface area (Å²) in [4.78, 5) is 4.57. The smallest absolute Gasteiger partial charge is 0.161 e. The van der Waals surface area contributed by atoms with E-state index in [0.717, 1.165) is 43.9 Å². The summed E-state index contributed by atoms with van der Waals surface area (Å²) in [5, 5.41) is 5.50. The van der Waals surface area contributed by atoms with Crippen molar-refractivity contribution in [2.24, 2.45) is 0 Å². The van der Waals surface area contributed by atoms with Crippen LogP contribution in [0.5, 0.6) is 11.5 Å². The minimum atomic E-state index is 0.713. The number of methoxy groups -OCH3 is 2. The first-order valence-corrected chi connectivity index (χ1v) is 7.34. The molecule has 3 aromatic carbocycles. The lowest BCUT2D eigenvalue weighted by Gasteiger charge is -2.12. The Hall–Kier alpha value is -3.01. The van der Waals surface area contributed by atoms with Gasteiger partial charge in [-0.05, 0) is 40.4 Å². The molecule has 0 aliphatic carbocycles. The lowest BCUT2D eigenvalue weighted by molar-refractivity contribution is 0.356. The van der Waals surface area contributed by atoms with E-state index in [2.05, 4.69) is 17.1 Å². The Balaban J connectivity index is 2.14. The average Bonchev–Trinajstić information content (AvgIpc) is 2.59. The number of hydrogen-bond acceptors (Lipinski definition) is 4. The van der Waals surface area contributed by atoms with E-state index in [1.54, 1.807) is 14.2 Å². The minimum absolute atomic E-state index is 0.713. The van der Waals surface area contributed by atoms with Crippen molar-refractivity contribution in [3.63, 3.8) is 0 Å². The van der Waals surface area contributed by atoms with E-state index in [0.29, 0.717) is 5.75 Å². The molecule has 1 aromatic heterocycles. The molecule has 0 atom stereocenters. The van der Waals surface area contributed by atoms with Gasteiger partial charge in [-0.3, -0.25) is 4.98 Å². The molecule has 2 N–H and O–H groups in total. The molecule has 0 aliphatic rings. The first-order chi connectivity index (χ1) is 11.2. The van der Waals surface area contributed by atoms with Gasteiger partial charge in [-0.1, -0.05) is 18.2 Å². The third-order valence-corrected chi connectivity index (χ3v) is 4.21. The maximum atomic E-state index is 5.86. The topological polar surface area (TPSA) is 57.4 Å². The quantitative estimate of drug-likeness (QED) is 0.446. The molecule has 4 heteroatoms. The fourth-order valence-corrected chi connectivity index (χ4v) is 3.07. The molecule has 114 valence electrons. The molecule has 0 aliphatic heterocycles. The third kappa shape index (κ3) is 2.03. The van der Waals surface area contributed by atoms with Gasteiger partial charge in [0.05, 0.1) is 19.7 Å². The Morgan fingerprint density at radius 3 is 2.30 bits per heavy atom. The van der Waals surface area contributed by atoms with Gasteiger partial charge in [0, 0.05) is 22.7 Å². The Bertz CT molecular complexity index is 1060. The molecule has 0 fully saturated rings. The van der Waals surface area contributed by atoms with Crippen LogP contribution in [0, 0.1) is 0 Å². The molecule has 0 saturated carbocycles. The fraction of sp³-hybridized carbons (Fsp3) is 0.105. The summed E-state index contributed by atoms with van der Waals surface area (Å²) < 4.78 is 10.8. The molecule has 23 heavy (non-hydrogen) atoms. The Kier molecular flexibility index (Phi) is 2.98. The van der Waals surface area contributed by atoms with Crippen molar-refractivity contribution in [2.45, 2.75) is 0 Å². The molecule has 4 nitrogen and oxygen atoms in total. The lowest BCUT2D eigenvalue weighted by Crippen LogP contribution is -1.92. The number of fused-ring (bicyclic) bond motifs is 5. The number of ether oxygens (including phenoxy) is 2. The van der Waals surface area contributed by atoms with Crippen LogP contribution in [-0.2, 0) is 0 Å². The van der Waals surface area contributed by atoms with Gasteiger partial charge in [0.1, 0.15) is 0 Å². The highest BCUT2D eigenvalue weighted by Crippen LogP contribution is 2.37. The van der Waals surface area contributed by atoms with Crippen molar-refractivity contribution in [2.75, 3.05) is 20.0 Å². The van der Waals surface area contributed by atoms with Gasteiger partial charge in [-0.2, -0.15) is 0 Å². The zero-order valence-corrected chi connectivity index (χ0v) is 13.0. The Morgan fingerprint density at radius 1 is 0.783 bits per heavy atom. The predicted molar refractivity (Wildman–Crippen MR) is 94.3 cm³/mol. The number of pyridine rings is 1. The summed E-state index contributed by atoms with van der Waals surface area (Å²) in [5.41, 5.74) is 7.48. The van der Waals surface area contributed by atoms with E-state index in [4.69, 9.17) is 15.2 Å². The molecular weight excluding hydrogens is 288 g/mol. The molecule has 1 heterocycles. The summed E-state index contributed by atoms with van der Waals surface area (Å²) in [6.07, 6.45) is 1.89. The number of rotatable bonds is 2. The highest BCUT2D eigenvalue weighted by atomic mass is 16.5. The SMILES string of the molecule is COc1cc2ccc3c4ccc(N)cc4ncc3c2cc1OC. The van der Waals surface area contributed by atoms with Crippen LogP contribution in [0.2, 0.25) is 0 Å². The van der Waals surface area contributed by atoms with Gasteiger partial charge in [0.25, 0.3) is 0 Å². The van der Waals surface area contributed by atoms with E-state index in [-0.39, 0.29) is 0 Å². The maximum Gasteiger partial charge on any atom is 0.161 e. The molecule has 0 radical (unpaired) electrons. The summed E-state index contributed by atoms with van der Waals surface area (Å²) in [6.45, 7) is 0. The largest absolute Gasteiger partial charge is 0.493 e. The molecule has 0 spiro atoms. The van der Waals surface area contributed by atoms with E-state index in [1.165, 1.54) is 0 Å². The van der Waals surface area contributed by atoms with Crippen LogP contribution < -0.4 is 15.2 Å². The summed E-state index contributed by atoms with van der Waals surface area (Å²) in [7, 11) is 3.29. The highest BCUT2D eigenvalue weighted by molar-refractivity contribution is 6.16. The van der Waals surface area contributed by atoms with Crippen molar-refractivity contribution in [3.8, 4) is 11.5 Å². The lowest BCUT2D eigenvalue weighted by atomic mass is 9.99. The fourth-order valence-electron chi connectivity index (χ4n) is 3.07. The first-order valence-electron chi connectivity index (χ1n) is 7.34. The second-order valence-electron chi connectivity index (χ2n) is 5.49. The zero-order chi connectivity index (χ0) is 16.0. The minimum Gasteiger partial charge on any atom is -0.493 e. The van der Waals surface area contributed by atoms with E-state index >= 15 is 0 Å². The normalized spacial score (nSPS) is 11.2. The first kappa shape index (κ1) is 13.6. The number of nitrogens with two attached hydrogens (primary N) is 1. The summed E-state index contributed by atoms with van der Waals surface area (Å²) in [6, 6.07) is 14.0. The number of aromatic nitrogens is 1. The Labute approximate surface area is 133 Å². The Morgan fingerprint density at radius 2 is 1.52 bits per heavy atom. The van der Waals surface area contributed by atoms with Crippen LogP contribution in [0.1, 0.15) is 0 Å². The van der Waals surface area contributed by atoms with Gasteiger partial charge in [-0.15, -0.1) is 0 Å². The zero-order valence-electron chi connectivity index (χ0n) is 13.0. The number of nitrogen functional groups attached to an aromatic ring is 1. The molecule has 4 aromatic rings. The molecular formula is C19H16N2O2. The third-order valence-electron chi connectivity index (χ3n) is 4.21. The van der Waals surface area contributed by atoms with Gasteiger partial charge >= 0.3 is 0 Å². The second kappa shape index (κ2) is 5.02. The summed E-state index contributed by atoms with van der Waals surface area (Å²) >= 11 is 0. The number of hydrogen-bond donors (Lipinski definition) is 1. The standard InChI is InChI=1S/C19H16N2O2/c1-22-18-7-11-3-5-13-14-6-4-12(20)8-17(14)21-10-16(13)15(11)9-19(18)23-2/h3-10H,20H2,1-2H3. The van der Waals surface area contributed by atoms with E-state index < -0.39 is 0 Å². The van der Waals surface area contributed by atoms with E-state index in [1.807, 2.05) is 36.5 Å². The van der Waals surface area contributed by atoms with Crippen LogP contribution >= 0.6 is 0 Å². The van der Waals surface area contributed by atoms with Crippen LogP contribution in [0.3, 0.4) is 0 Å². The molecule has 0 amide bonds. The van der Waals surface area contributed by atoms with E-state index in [9.17, 15) is 0 Å². The van der Waals surface area contributed by atoms with Crippen LogP contribution in [0.4, 0.5) is 5.69 Å². The van der Waals surface area contributed by atoms with Crippen molar-refractivity contribution < 1.29 is 9.47 Å². The van der Waals surface area contributed by atoms with Gasteiger partial charge in [-0.25, -0.2) is 0 Å².